The Morgan fingerprint density at radius 3 is 2.57 bits per heavy atom. The van der Waals surface area contributed by atoms with Crippen molar-refractivity contribution in [3.8, 4) is 17.1 Å². The number of imidazole rings is 1. The Bertz CT molecular complexity index is 910. The third-order valence-corrected chi connectivity index (χ3v) is 3.58. The number of fused-ring (bicyclic) bond motifs is 2. The quantitative estimate of drug-likeness (QED) is 0.605. The molecule has 0 spiro atoms. The van der Waals surface area contributed by atoms with Crippen LogP contribution in [0.15, 0.2) is 54.7 Å². The Kier molecular flexibility index (Phi) is 2.60. The molecular weight excluding hydrogens is 262 g/mol. The van der Waals surface area contributed by atoms with Crippen molar-refractivity contribution in [2.45, 2.75) is 0 Å². The molecule has 0 saturated carbocycles. The highest BCUT2D eigenvalue weighted by Crippen LogP contribution is 2.33. The van der Waals surface area contributed by atoms with Gasteiger partial charge in [-0.1, -0.05) is 24.3 Å². The molecule has 0 saturated heterocycles. The van der Waals surface area contributed by atoms with Crippen molar-refractivity contribution in [2.75, 3.05) is 7.11 Å². The minimum absolute atomic E-state index is 0.711. The van der Waals surface area contributed by atoms with Gasteiger partial charge in [0.15, 0.2) is 5.65 Å². The summed E-state index contributed by atoms with van der Waals surface area (Å²) < 4.78 is 5.52. The molecule has 21 heavy (non-hydrogen) atoms. The maximum Gasteiger partial charge on any atom is 0.178 e. The maximum absolute atomic E-state index is 5.52. The lowest BCUT2D eigenvalue weighted by molar-refractivity contribution is 0.417. The van der Waals surface area contributed by atoms with Gasteiger partial charge in [-0.15, -0.1) is 0 Å². The minimum Gasteiger partial charge on any atom is -0.496 e. The van der Waals surface area contributed by atoms with Crippen molar-refractivity contribution < 1.29 is 4.74 Å². The smallest absolute Gasteiger partial charge is 0.178 e. The number of benzene rings is 2. The molecule has 4 nitrogen and oxygen atoms in total. The summed E-state index contributed by atoms with van der Waals surface area (Å²) in [4.78, 5) is 12.1. The molecule has 4 heteroatoms. The number of aromatic amines is 1. The molecule has 102 valence electrons. The number of nitrogens with one attached hydrogen (secondary N) is 1. The van der Waals surface area contributed by atoms with Crippen LogP contribution in [0.4, 0.5) is 0 Å². The van der Waals surface area contributed by atoms with E-state index in [0.29, 0.717) is 5.65 Å². The Labute approximate surface area is 121 Å². The van der Waals surface area contributed by atoms with Gasteiger partial charge in [-0.05, 0) is 35.0 Å². The summed E-state index contributed by atoms with van der Waals surface area (Å²) in [5.41, 5.74) is 2.57. The largest absolute Gasteiger partial charge is 0.496 e. The van der Waals surface area contributed by atoms with E-state index >= 15 is 0 Å². The average Bonchev–Trinajstić information content (AvgIpc) is 2.97. The Morgan fingerprint density at radius 1 is 1.00 bits per heavy atom. The van der Waals surface area contributed by atoms with E-state index in [0.717, 1.165) is 33.4 Å². The summed E-state index contributed by atoms with van der Waals surface area (Å²) in [5.74, 6) is 1.57. The van der Waals surface area contributed by atoms with Gasteiger partial charge in [-0.25, -0.2) is 9.97 Å². The van der Waals surface area contributed by atoms with E-state index in [9.17, 15) is 0 Å². The van der Waals surface area contributed by atoms with Crippen LogP contribution in [0.25, 0.3) is 33.3 Å². The Morgan fingerprint density at radius 2 is 1.81 bits per heavy atom. The number of methoxy groups -OCH3 is 1. The zero-order chi connectivity index (χ0) is 14.2. The van der Waals surface area contributed by atoms with E-state index < -0.39 is 0 Å². The van der Waals surface area contributed by atoms with E-state index in [2.05, 4.69) is 33.2 Å². The number of aromatic nitrogens is 3. The molecule has 4 rings (SSSR count). The lowest BCUT2D eigenvalue weighted by atomic mass is 10.1. The van der Waals surface area contributed by atoms with Gasteiger partial charge in [0.05, 0.1) is 18.2 Å². The first kappa shape index (κ1) is 11.9. The highest BCUT2D eigenvalue weighted by atomic mass is 16.5. The van der Waals surface area contributed by atoms with E-state index in [1.165, 1.54) is 0 Å². The first-order valence-electron chi connectivity index (χ1n) is 6.73. The van der Waals surface area contributed by atoms with Gasteiger partial charge in [0.1, 0.15) is 11.6 Å². The fourth-order valence-corrected chi connectivity index (χ4v) is 2.55. The number of hydrogen-bond donors (Lipinski definition) is 1. The Balaban J connectivity index is 1.99. The van der Waals surface area contributed by atoms with Gasteiger partial charge < -0.3 is 9.72 Å². The molecule has 2 aromatic carbocycles. The standard InChI is InChI=1S/C17H13N3O/c1-21-15-10-12-6-3-2-5-11(12)9-13(15)16-19-14-7-4-8-18-17(14)20-16/h2-10H,1H3,(H,18,19,20). The first-order chi connectivity index (χ1) is 10.3. The van der Waals surface area contributed by atoms with Gasteiger partial charge >= 0.3 is 0 Å². The van der Waals surface area contributed by atoms with Crippen molar-refractivity contribution in [3.63, 3.8) is 0 Å². The van der Waals surface area contributed by atoms with Crippen LogP contribution in [0.1, 0.15) is 0 Å². The van der Waals surface area contributed by atoms with E-state index in [1.807, 2.05) is 30.3 Å². The SMILES string of the molecule is COc1cc2ccccc2cc1-c1nc2ncccc2[nH]1. The second-order valence-electron chi connectivity index (χ2n) is 4.86. The van der Waals surface area contributed by atoms with Crippen LogP contribution < -0.4 is 4.74 Å². The van der Waals surface area contributed by atoms with E-state index in [1.54, 1.807) is 13.3 Å². The van der Waals surface area contributed by atoms with Crippen LogP contribution in [-0.2, 0) is 0 Å². The molecule has 0 atom stereocenters. The van der Waals surface area contributed by atoms with Crippen LogP contribution in [0, 0.1) is 0 Å². The predicted molar refractivity (Wildman–Crippen MR) is 83.4 cm³/mol. The fourth-order valence-electron chi connectivity index (χ4n) is 2.55. The molecule has 0 unspecified atom stereocenters. The zero-order valence-electron chi connectivity index (χ0n) is 11.5. The van der Waals surface area contributed by atoms with Gasteiger partial charge in [-0.3, -0.25) is 0 Å². The number of pyridine rings is 1. The predicted octanol–water partition coefficient (Wildman–Crippen LogP) is 3.79. The highest BCUT2D eigenvalue weighted by Gasteiger charge is 2.12. The Hall–Kier alpha value is -2.88. The molecule has 4 aromatic rings. The first-order valence-corrected chi connectivity index (χ1v) is 6.73. The highest BCUT2D eigenvalue weighted by molar-refractivity contribution is 5.90. The normalized spacial score (nSPS) is 11.1. The molecule has 0 fully saturated rings. The summed E-state index contributed by atoms with van der Waals surface area (Å²) >= 11 is 0. The maximum atomic E-state index is 5.52. The van der Waals surface area contributed by atoms with Crippen molar-refractivity contribution >= 4 is 21.9 Å². The molecule has 2 aromatic heterocycles. The molecule has 0 aliphatic rings. The summed E-state index contributed by atoms with van der Waals surface area (Å²) in [6.45, 7) is 0. The molecule has 0 bridgehead atoms. The van der Waals surface area contributed by atoms with E-state index in [4.69, 9.17) is 4.74 Å². The third kappa shape index (κ3) is 1.92. The molecule has 0 radical (unpaired) electrons. The van der Waals surface area contributed by atoms with Gasteiger partial charge in [0.25, 0.3) is 0 Å². The number of hydrogen-bond acceptors (Lipinski definition) is 3. The van der Waals surface area contributed by atoms with Crippen LogP contribution in [0.3, 0.4) is 0 Å². The second-order valence-corrected chi connectivity index (χ2v) is 4.86. The van der Waals surface area contributed by atoms with Crippen LogP contribution in [0.2, 0.25) is 0 Å². The number of rotatable bonds is 2. The summed E-state index contributed by atoms with van der Waals surface area (Å²) in [5, 5.41) is 2.30. The van der Waals surface area contributed by atoms with Crippen LogP contribution >= 0.6 is 0 Å². The molecule has 0 aliphatic carbocycles. The minimum atomic E-state index is 0.711. The monoisotopic (exact) mass is 275 g/mol. The zero-order valence-corrected chi connectivity index (χ0v) is 11.5. The summed E-state index contributed by atoms with van der Waals surface area (Å²) in [7, 11) is 1.68. The fraction of sp³-hybridized carbons (Fsp3) is 0.0588. The van der Waals surface area contributed by atoms with Gasteiger partial charge in [0, 0.05) is 6.20 Å². The number of H-pyrrole nitrogens is 1. The van der Waals surface area contributed by atoms with E-state index in [-0.39, 0.29) is 0 Å². The summed E-state index contributed by atoms with van der Waals surface area (Å²) in [6, 6.07) is 16.2. The second kappa shape index (κ2) is 4.59. The third-order valence-electron chi connectivity index (χ3n) is 3.58. The van der Waals surface area contributed by atoms with Crippen molar-refractivity contribution in [2.24, 2.45) is 0 Å². The number of nitrogens with zero attached hydrogens (tertiary/aromatic N) is 2. The average molecular weight is 275 g/mol. The van der Waals surface area contributed by atoms with Crippen LogP contribution in [0.5, 0.6) is 5.75 Å². The lowest BCUT2D eigenvalue weighted by Crippen LogP contribution is -1.90. The number of ether oxygens (including phenoxy) is 1. The van der Waals surface area contributed by atoms with Crippen molar-refractivity contribution in [1.82, 2.24) is 15.0 Å². The summed E-state index contributed by atoms with van der Waals surface area (Å²) in [6.07, 6.45) is 1.74. The molecule has 0 aliphatic heterocycles. The molecular formula is C17H13N3O. The van der Waals surface area contributed by atoms with Gasteiger partial charge in [0.2, 0.25) is 0 Å². The van der Waals surface area contributed by atoms with Gasteiger partial charge in [-0.2, -0.15) is 0 Å². The molecule has 0 amide bonds. The molecule has 1 N–H and O–H groups in total. The van der Waals surface area contributed by atoms with Crippen molar-refractivity contribution in [1.29, 1.82) is 0 Å². The van der Waals surface area contributed by atoms with Crippen LogP contribution in [-0.4, -0.2) is 22.1 Å². The van der Waals surface area contributed by atoms with Crippen molar-refractivity contribution in [3.05, 3.63) is 54.7 Å². The molecule has 2 heterocycles. The topological polar surface area (TPSA) is 50.8 Å². The lowest BCUT2D eigenvalue weighted by Gasteiger charge is -2.08.